The molecule has 3 rings (SSSR count). The maximum absolute atomic E-state index is 11.7. The number of carbonyl (C=O) groups is 1. The highest BCUT2D eigenvalue weighted by Gasteiger charge is 2.19. The molecule has 1 aliphatic carbocycles. The molecule has 1 saturated carbocycles. The number of carbonyl (C=O) groups excluding carboxylic acids is 1. The first-order valence-electron chi connectivity index (χ1n) is 7.77. The van der Waals surface area contributed by atoms with Crippen molar-refractivity contribution in [2.75, 3.05) is 0 Å². The highest BCUT2D eigenvalue weighted by molar-refractivity contribution is 5.70. The molecule has 0 spiro atoms. The third kappa shape index (κ3) is 3.87. The zero-order chi connectivity index (χ0) is 15.2. The third-order valence-electron chi connectivity index (χ3n) is 3.96. The maximum Gasteiger partial charge on any atom is 0.412 e. The molecule has 1 aromatic heterocycles. The van der Waals surface area contributed by atoms with Gasteiger partial charge in [-0.05, 0) is 25.0 Å². The Morgan fingerprint density at radius 2 is 2.00 bits per heavy atom. The van der Waals surface area contributed by atoms with Crippen molar-refractivity contribution in [3.8, 4) is 5.75 Å². The quantitative estimate of drug-likeness (QED) is 0.926. The number of rotatable bonds is 4. The topological polar surface area (TPSA) is 64.4 Å². The molecule has 1 N–H and O–H groups in total. The molecule has 22 heavy (non-hydrogen) atoms. The standard InChI is InChI=1S/C17H20N2O3/c20-17(21-14-9-5-2-6-10-14)18-12-15-11-16(19-22-15)13-7-3-1-4-8-13/h2,5-6,9-11,13H,1,3-4,7-8,12H2,(H,18,20). The molecule has 0 aliphatic heterocycles. The molecule has 116 valence electrons. The summed E-state index contributed by atoms with van der Waals surface area (Å²) in [6, 6.07) is 10.9. The van der Waals surface area contributed by atoms with Crippen LogP contribution in [0.3, 0.4) is 0 Å². The predicted molar refractivity (Wildman–Crippen MR) is 81.6 cm³/mol. The lowest BCUT2D eigenvalue weighted by molar-refractivity contribution is 0.198. The van der Waals surface area contributed by atoms with Crippen molar-refractivity contribution in [1.29, 1.82) is 0 Å². The minimum Gasteiger partial charge on any atom is -0.410 e. The highest BCUT2D eigenvalue weighted by Crippen LogP contribution is 2.32. The van der Waals surface area contributed by atoms with Crippen molar-refractivity contribution in [1.82, 2.24) is 10.5 Å². The van der Waals surface area contributed by atoms with E-state index in [0.717, 1.165) is 5.69 Å². The van der Waals surface area contributed by atoms with Crippen molar-refractivity contribution in [3.05, 3.63) is 47.9 Å². The van der Waals surface area contributed by atoms with Crippen molar-refractivity contribution in [2.45, 2.75) is 44.6 Å². The van der Waals surface area contributed by atoms with Gasteiger partial charge in [-0.25, -0.2) is 4.79 Å². The van der Waals surface area contributed by atoms with E-state index in [2.05, 4.69) is 10.5 Å². The predicted octanol–water partition coefficient (Wildman–Crippen LogP) is 4.01. The van der Waals surface area contributed by atoms with Crippen LogP contribution in [0, 0.1) is 0 Å². The summed E-state index contributed by atoms with van der Waals surface area (Å²) in [5.41, 5.74) is 1.01. The first kappa shape index (κ1) is 14.6. The Hall–Kier alpha value is -2.30. The Morgan fingerprint density at radius 1 is 1.23 bits per heavy atom. The van der Waals surface area contributed by atoms with Gasteiger partial charge >= 0.3 is 6.09 Å². The van der Waals surface area contributed by atoms with Gasteiger partial charge in [0, 0.05) is 12.0 Å². The molecule has 5 nitrogen and oxygen atoms in total. The molecule has 2 aromatic rings. The van der Waals surface area contributed by atoms with E-state index in [1.807, 2.05) is 24.3 Å². The fourth-order valence-electron chi connectivity index (χ4n) is 2.79. The molecule has 0 saturated heterocycles. The van der Waals surface area contributed by atoms with E-state index in [1.54, 1.807) is 12.1 Å². The summed E-state index contributed by atoms with van der Waals surface area (Å²) < 4.78 is 10.4. The molecule has 1 heterocycles. The molecule has 0 radical (unpaired) electrons. The first-order chi connectivity index (χ1) is 10.8. The molecule has 5 heteroatoms. The summed E-state index contributed by atoms with van der Waals surface area (Å²) in [5.74, 6) is 1.67. The number of nitrogens with one attached hydrogen (secondary N) is 1. The summed E-state index contributed by atoms with van der Waals surface area (Å²) in [6.07, 6.45) is 5.68. The zero-order valence-electron chi connectivity index (χ0n) is 12.5. The number of hydrogen-bond donors (Lipinski definition) is 1. The monoisotopic (exact) mass is 300 g/mol. The Kier molecular flexibility index (Phi) is 4.73. The van der Waals surface area contributed by atoms with Crippen LogP contribution in [0.25, 0.3) is 0 Å². The average Bonchev–Trinajstić information content (AvgIpc) is 3.04. The summed E-state index contributed by atoms with van der Waals surface area (Å²) in [7, 11) is 0. The van der Waals surface area contributed by atoms with Crippen molar-refractivity contribution < 1.29 is 14.1 Å². The van der Waals surface area contributed by atoms with Crippen molar-refractivity contribution in [3.63, 3.8) is 0 Å². The van der Waals surface area contributed by atoms with Gasteiger partial charge in [-0.3, -0.25) is 0 Å². The van der Waals surface area contributed by atoms with Crippen molar-refractivity contribution >= 4 is 6.09 Å². The van der Waals surface area contributed by atoms with Gasteiger partial charge in [-0.15, -0.1) is 0 Å². The molecular formula is C17H20N2O3. The summed E-state index contributed by atoms with van der Waals surface area (Å²) in [5, 5.41) is 6.80. The van der Waals surface area contributed by atoms with Crippen LogP contribution in [-0.4, -0.2) is 11.2 Å². The van der Waals surface area contributed by atoms with Gasteiger partial charge in [-0.2, -0.15) is 0 Å². The van der Waals surface area contributed by atoms with Gasteiger partial charge in [0.05, 0.1) is 12.2 Å². The number of amides is 1. The van der Waals surface area contributed by atoms with E-state index in [4.69, 9.17) is 9.26 Å². The minimum absolute atomic E-state index is 0.283. The van der Waals surface area contributed by atoms with Crippen LogP contribution in [0.1, 0.15) is 49.5 Å². The van der Waals surface area contributed by atoms with Gasteiger partial charge in [0.15, 0.2) is 5.76 Å². The van der Waals surface area contributed by atoms with E-state index in [9.17, 15) is 4.79 Å². The van der Waals surface area contributed by atoms with Crippen LogP contribution in [0.5, 0.6) is 5.75 Å². The molecule has 1 fully saturated rings. The lowest BCUT2D eigenvalue weighted by atomic mass is 9.87. The molecule has 0 bridgehead atoms. The Bertz CT molecular complexity index is 603. The molecule has 1 amide bonds. The number of aromatic nitrogens is 1. The van der Waals surface area contributed by atoms with Crippen LogP contribution in [0.4, 0.5) is 4.79 Å². The molecule has 0 atom stereocenters. The van der Waals surface area contributed by atoms with Crippen LogP contribution >= 0.6 is 0 Å². The second-order valence-electron chi connectivity index (χ2n) is 5.61. The van der Waals surface area contributed by atoms with E-state index in [1.165, 1.54) is 32.1 Å². The number of hydrogen-bond acceptors (Lipinski definition) is 4. The minimum atomic E-state index is -0.498. The van der Waals surface area contributed by atoms with Crippen molar-refractivity contribution in [2.24, 2.45) is 0 Å². The molecule has 1 aliphatic rings. The smallest absolute Gasteiger partial charge is 0.410 e. The lowest BCUT2D eigenvalue weighted by Crippen LogP contribution is -2.26. The maximum atomic E-state index is 11.7. The number of benzene rings is 1. The summed E-state index contributed by atoms with van der Waals surface area (Å²) in [4.78, 5) is 11.7. The normalized spacial score (nSPS) is 15.5. The number of ether oxygens (including phenoxy) is 1. The largest absolute Gasteiger partial charge is 0.412 e. The van der Waals surface area contributed by atoms with E-state index in [0.29, 0.717) is 17.4 Å². The highest BCUT2D eigenvalue weighted by atomic mass is 16.6. The zero-order valence-corrected chi connectivity index (χ0v) is 12.5. The summed E-state index contributed by atoms with van der Waals surface area (Å²) >= 11 is 0. The fourth-order valence-corrected chi connectivity index (χ4v) is 2.79. The number of para-hydroxylation sites is 1. The third-order valence-corrected chi connectivity index (χ3v) is 3.96. The molecule has 1 aromatic carbocycles. The molecule has 0 unspecified atom stereocenters. The second kappa shape index (κ2) is 7.11. The van der Waals surface area contributed by atoms with E-state index >= 15 is 0 Å². The van der Waals surface area contributed by atoms with Crippen LogP contribution in [0.2, 0.25) is 0 Å². The van der Waals surface area contributed by atoms with E-state index < -0.39 is 6.09 Å². The van der Waals surface area contributed by atoms with Gasteiger partial charge in [0.2, 0.25) is 0 Å². The van der Waals surface area contributed by atoms with Crippen LogP contribution < -0.4 is 10.1 Å². The van der Waals surface area contributed by atoms with Gasteiger partial charge in [0.25, 0.3) is 0 Å². The average molecular weight is 300 g/mol. The van der Waals surface area contributed by atoms with Crippen LogP contribution in [0.15, 0.2) is 40.9 Å². The second-order valence-corrected chi connectivity index (χ2v) is 5.61. The fraction of sp³-hybridized carbons (Fsp3) is 0.412. The van der Waals surface area contributed by atoms with Gasteiger partial charge in [-0.1, -0.05) is 42.6 Å². The number of nitrogens with zero attached hydrogens (tertiary/aromatic N) is 1. The summed E-state index contributed by atoms with van der Waals surface area (Å²) in [6.45, 7) is 0.283. The Labute approximate surface area is 129 Å². The SMILES string of the molecule is O=C(NCc1cc(C2CCCCC2)no1)Oc1ccccc1. The first-order valence-corrected chi connectivity index (χ1v) is 7.77. The molecular weight excluding hydrogens is 280 g/mol. The van der Waals surface area contributed by atoms with Crippen LogP contribution in [-0.2, 0) is 6.54 Å². The lowest BCUT2D eigenvalue weighted by Gasteiger charge is -2.18. The van der Waals surface area contributed by atoms with Gasteiger partial charge in [0.1, 0.15) is 5.75 Å². The Morgan fingerprint density at radius 3 is 2.77 bits per heavy atom. The Balaban J connectivity index is 1.49. The van der Waals surface area contributed by atoms with E-state index in [-0.39, 0.29) is 6.54 Å². The van der Waals surface area contributed by atoms with Gasteiger partial charge < -0.3 is 14.6 Å².